The molecule has 9 heteroatoms. The van der Waals surface area contributed by atoms with Crippen LogP contribution in [0.3, 0.4) is 0 Å². The number of phosphoric acid groups is 1. The largest absolute Gasteiger partial charge is 0.472 e. The summed E-state index contributed by atoms with van der Waals surface area (Å²) in [6.07, 6.45) is 72.8. The Kier molecular flexibility index (Phi) is 55.6. The number of nitrogens with two attached hydrogens (primary N) is 1. The maximum absolute atomic E-state index is 12.7. The van der Waals surface area contributed by atoms with E-state index in [0.717, 1.165) is 64.2 Å². The van der Waals surface area contributed by atoms with Gasteiger partial charge in [0.25, 0.3) is 0 Å². The Labute approximate surface area is 427 Å². The molecule has 0 heterocycles. The average Bonchev–Trinajstić information content (AvgIpc) is 3.34. The molecule has 2 unspecified atom stereocenters. The van der Waals surface area contributed by atoms with Crippen molar-refractivity contribution < 1.29 is 32.8 Å². The molecule has 0 aromatic heterocycles. The van der Waals surface area contributed by atoms with Gasteiger partial charge in [0.2, 0.25) is 0 Å². The molecular formula is C60H112NO7P. The normalized spacial score (nSPS) is 13.6. The van der Waals surface area contributed by atoms with Crippen LogP contribution < -0.4 is 5.73 Å². The number of phosphoric ester groups is 1. The summed E-state index contributed by atoms with van der Waals surface area (Å²) in [5, 5.41) is 0. The third-order valence-electron chi connectivity index (χ3n) is 12.7. The summed E-state index contributed by atoms with van der Waals surface area (Å²) in [4.78, 5) is 22.7. The van der Waals surface area contributed by atoms with Gasteiger partial charge >= 0.3 is 13.8 Å². The minimum atomic E-state index is -4.29. The number of esters is 1. The van der Waals surface area contributed by atoms with Crippen molar-refractivity contribution in [3.05, 3.63) is 60.8 Å². The second-order valence-corrected chi connectivity index (χ2v) is 20.9. The summed E-state index contributed by atoms with van der Waals surface area (Å²) in [5.74, 6) is -0.327. The molecule has 69 heavy (non-hydrogen) atoms. The molecule has 0 aromatic carbocycles. The van der Waals surface area contributed by atoms with Crippen molar-refractivity contribution in [2.45, 2.75) is 283 Å². The van der Waals surface area contributed by atoms with Gasteiger partial charge in [0.15, 0.2) is 0 Å². The Morgan fingerprint density at radius 2 is 0.812 bits per heavy atom. The van der Waals surface area contributed by atoms with E-state index in [1.165, 1.54) is 193 Å². The molecular weight excluding hydrogens is 878 g/mol. The van der Waals surface area contributed by atoms with Crippen LogP contribution in [0, 0.1) is 0 Å². The zero-order chi connectivity index (χ0) is 50.1. The third-order valence-corrected chi connectivity index (χ3v) is 13.7. The van der Waals surface area contributed by atoms with E-state index < -0.39 is 13.9 Å². The highest BCUT2D eigenvalue weighted by Gasteiger charge is 2.25. The van der Waals surface area contributed by atoms with Gasteiger partial charge < -0.3 is 20.1 Å². The molecule has 0 radical (unpaired) electrons. The molecule has 0 aromatic rings. The highest BCUT2D eigenvalue weighted by molar-refractivity contribution is 7.47. The zero-order valence-corrected chi connectivity index (χ0v) is 46.2. The van der Waals surface area contributed by atoms with Gasteiger partial charge in [-0.2, -0.15) is 0 Å². The predicted octanol–water partition coefficient (Wildman–Crippen LogP) is 18.8. The van der Waals surface area contributed by atoms with Gasteiger partial charge in [0, 0.05) is 19.6 Å². The van der Waals surface area contributed by atoms with Gasteiger partial charge in [-0.3, -0.25) is 13.8 Å². The van der Waals surface area contributed by atoms with Crippen LogP contribution in [0.25, 0.3) is 0 Å². The van der Waals surface area contributed by atoms with Crippen molar-refractivity contribution in [3.63, 3.8) is 0 Å². The summed E-state index contributed by atoms with van der Waals surface area (Å²) in [6, 6.07) is 0. The summed E-state index contributed by atoms with van der Waals surface area (Å²) in [5.41, 5.74) is 5.41. The zero-order valence-electron chi connectivity index (χ0n) is 45.3. The van der Waals surface area contributed by atoms with Crippen molar-refractivity contribution in [1.82, 2.24) is 0 Å². The Hall–Kier alpha value is -1.80. The monoisotopic (exact) mass is 990 g/mol. The second kappa shape index (κ2) is 57.1. The predicted molar refractivity (Wildman–Crippen MR) is 298 cm³/mol. The van der Waals surface area contributed by atoms with E-state index >= 15 is 0 Å². The first-order chi connectivity index (χ1) is 33.9. The van der Waals surface area contributed by atoms with Crippen molar-refractivity contribution in [1.29, 1.82) is 0 Å². The first-order valence-electron chi connectivity index (χ1n) is 29.3. The fraction of sp³-hybridized carbons (Fsp3) is 0.817. The molecule has 8 nitrogen and oxygen atoms in total. The van der Waals surface area contributed by atoms with Gasteiger partial charge in [-0.1, -0.05) is 274 Å². The molecule has 0 bridgehead atoms. The van der Waals surface area contributed by atoms with E-state index in [-0.39, 0.29) is 32.3 Å². The number of carbonyl (C=O) groups is 1. The van der Waals surface area contributed by atoms with Crippen LogP contribution in [0.2, 0.25) is 0 Å². The van der Waals surface area contributed by atoms with Gasteiger partial charge in [-0.25, -0.2) is 4.57 Å². The summed E-state index contributed by atoms with van der Waals surface area (Å²) >= 11 is 0. The lowest BCUT2D eigenvalue weighted by Gasteiger charge is -2.20. The molecule has 0 amide bonds. The van der Waals surface area contributed by atoms with Crippen LogP contribution in [0.1, 0.15) is 277 Å². The van der Waals surface area contributed by atoms with Crippen LogP contribution in [-0.4, -0.2) is 49.9 Å². The van der Waals surface area contributed by atoms with Crippen molar-refractivity contribution in [3.8, 4) is 0 Å². The Balaban J connectivity index is 3.87. The quantitative estimate of drug-likeness (QED) is 0.0268. The van der Waals surface area contributed by atoms with Crippen LogP contribution in [0.15, 0.2) is 60.8 Å². The average molecular weight is 991 g/mol. The molecule has 0 aliphatic carbocycles. The van der Waals surface area contributed by atoms with Gasteiger partial charge in [-0.05, 0) is 57.8 Å². The van der Waals surface area contributed by atoms with Crippen molar-refractivity contribution in [2.75, 3.05) is 33.0 Å². The topological polar surface area (TPSA) is 117 Å². The lowest BCUT2D eigenvalue weighted by molar-refractivity contribution is -0.154. The lowest BCUT2D eigenvalue weighted by atomic mass is 10.0. The number of hydrogen-bond acceptors (Lipinski definition) is 7. The number of unbranched alkanes of at least 4 members (excludes halogenated alkanes) is 33. The number of hydrogen-bond donors (Lipinski definition) is 2. The highest BCUT2D eigenvalue weighted by Crippen LogP contribution is 2.43. The maximum atomic E-state index is 12.7. The second-order valence-electron chi connectivity index (χ2n) is 19.5. The molecule has 0 fully saturated rings. The van der Waals surface area contributed by atoms with E-state index in [1.54, 1.807) is 0 Å². The van der Waals surface area contributed by atoms with E-state index in [4.69, 9.17) is 24.3 Å². The fourth-order valence-electron chi connectivity index (χ4n) is 8.44. The fourth-order valence-corrected chi connectivity index (χ4v) is 9.20. The van der Waals surface area contributed by atoms with E-state index in [0.29, 0.717) is 13.0 Å². The van der Waals surface area contributed by atoms with Crippen LogP contribution in [-0.2, 0) is 27.9 Å². The lowest BCUT2D eigenvalue weighted by Crippen LogP contribution is -2.28. The number of rotatable bonds is 56. The summed E-state index contributed by atoms with van der Waals surface area (Å²) in [7, 11) is -4.29. The first kappa shape index (κ1) is 67.2. The van der Waals surface area contributed by atoms with Gasteiger partial charge in [0.05, 0.1) is 19.8 Å². The van der Waals surface area contributed by atoms with Crippen LogP contribution in [0.4, 0.5) is 0 Å². The maximum Gasteiger partial charge on any atom is 0.472 e. The van der Waals surface area contributed by atoms with E-state index in [9.17, 15) is 14.3 Å². The Bertz CT molecular complexity index is 1250. The molecule has 3 N–H and O–H groups in total. The number of allylic oxidation sites excluding steroid dienone is 10. The van der Waals surface area contributed by atoms with Crippen molar-refractivity contribution in [2.24, 2.45) is 5.73 Å². The highest BCUT2D eigenvalue weighted by atomic mass is 31.2. The van der Waals surface area contributed by atoms with Gasteiger partial charge in [0.1, 0.15) is 6.10 Å². The Morgan fingerprint density at radius 1 is 0.449 bits per heavy atom. The molecule has 0 saturated heterocycles. The Morgan fingerprint density at radius 3 is 1.22 bits per heavy atom. The van der Waals surface area contributed by atoms with Crippen molar-refractivity contribution >= 4 is 13.8 Å². The molecule has 0 saturated carbocycles. The number of ether oxygens (including phenoxy) is 2. The first-order valence-corrected chi connectivity index (χ1v) is 30.8. The smallest absolute Gasteiger partial charge is 0.457 e. The SMILES string of the molecule is CC/C=C\C/C=C\C/C=C\C/C=C\C/C=C\CCCCCCCCCCCCOCC(COP(=O)(O)OCCN)OC(=O)CCCCCCCCCCCCCCCCCCCCCCCCCC. The number of carbonyl (C=O) groups excluding carboxylic acids is 1. The van der Waals surface area contributed by atoms with Crippen LogP contribution >= 0.6 is 7.82 Å². The third kappa shape index (κ3) is 57.0. The van der Waals surface area contributed by atoms with E-state index in [1.807, 2.05) is 0 Å². The van der Waals surface area contributed by atoms with Gasteiger partial charge in [-0.15, -0.1) is 0 Å². The van der Waals surface area contributed by atoms with E-state index in [2.05, 4.69) is 74.6 Å². The summed E-state index contributed by atoms with van der Waals surface area (Å²) in [6.45, 7) is 4.85. The molecule has 0 spiro atoms. The minimum Gasteiger partial charge on any atom is -0.457 e. The minimum absolute atomic E-state index is 0.0965. The summed E-state index contributed by atoms with van der Waals surface area (Å²) < 4.78 is 33.7. The molecule has 404 valence electrons. The molecule has 0 rings (SSSR count). The van der Waals surface area contributed by atoms with Crippen LogP contribution in [0.5, 0.6) is 0 Å². The molecule has 0 aliphatic rings. The molecule has 0 aliphatic heterocycles. The standard InChI is InChI=1S/C60H112NO7P/c1-3-5-7-9-11-13-15-17-19-21-23-25-27-29-30-32-34-36-38-40-42-44-46-48-50-52-55-65-57-59(58-67-69(63,64)66-56-54-61)68-60(62)53-51-49-47-45-43-41-39-37-35-33-31-28-26-24-22-20-18-16-14-12-10-8-6-4-2/h5,7,11,13,17,19,23,25,29-30,59H,3-4,6,8-10,12,14-16,18,20-22,24,26-28,31-58,61H2,1-2H3,(H,63,64)/b7-5-,13-11-,19-17-,25-23-,30-29-. The molecule has 2 atom stereocenters.